The number of carbonyl (C=O) groups is 1. The number of hydrogen-bond donors (Lipinski definition) is 1. The van der Waals surface area contributed by atoms with Crippen molar-refractivity contribution in [1.29, 1.82) is 0 Å². The first kappa shape index (κ1) is 18.5. The summed E-state index contributed by atoms with van der Waals surface area (Å²) in [5, 5.41) is 3.10. The molecule has 1 N–H and O–H groups in total. The van der Waals surface area contributed by atoms with Crippen molar-refractivity contribution in [2.24, 2.45) is 0 Å². The van der Waals surface area contributed by atoms with Crippen molar-refractivity contribution in [3.63, 3.8) is 0 Å². The van der Waals surface area contributed by atoms with Crippen LogP contribution in [0.5, 0.6) is 11.5 Å². The molecular weight excluding hydrogens is 308 g/mol. The van der Waals surface area contributed by atoms with Gasteiger partial charge in [0.05, 0.1) is 26.4 Å². The number of hydrogen-bond acceptors (Lipinski definition) is 5. The standard InChI is InChI=1S/C18H28N2O4/c1-4-23-16-10-14-6-8-20(18(21)12-19-7-9-22-3)13-15(14)11-17(16)24-5-2/h10-11,19H,4-9,12-13H2,1-3H3. The molecule has 1 heterocycles. The van der Waals surface area contributed by atoms with Gasteiger partial charge in [-0.25, -0.2) is 0 Å². The monoisotopic (exact) mass is 336 g/mol. The van der Waals surface area contributed by atoms with Crippen LogP contribution in [0.4, 0.5) is 0 Å². The molecule has 0 spiro atoms. The van der Waals surface area contributed by atoms with Gasteiger partial charge in [0.1, 0.15) is 0 Å². The first-order valence-electron chi connectivity index (χ1n) is 8.58. The minimum Gasteiger partial charge on any atom is -0.490 e. The molecule has 0 bridgehead atoms. The highest BCUT2D eigenvalue weighted by Gasteiger charge is 2.22. The van der Waals surface area contributed by atoms with Crippen LogP contribution in [-0.4, -0.2) is 57.4 Å². The molecule has 1 amide bonds. The molecule has 1 aliphatic rings. The van der Waals surface area contributed by atoms with Crippen LogP contribution in [0.2, 0.25) is 0 Å². The van der Waals surface area contributed by atoms with E-state index in [1.54, 1.807) is 7.11 Å². The Bertz CT molecular complexity index is 548. The molecule has 24 heavy (non-hydrogen) atoms. The van der Waals surface area contributed by atoms with Gasteiger partial charge in [0.2, 0.25) is 5.91 Å². The summed E-state index contributed by atoms with van der Waals surface area (Å²) in [4.78, 5) is 14.2. The van der Waals surface area contributed by atoms with E-state index in [0.29, 0.717) is 39.5 Å². The number of benzene rings is 1. The summed E-state index contributed by atoms with van der Waals surface area (Å²) in [6, 6.07) is 4.07. The lowest BCUT2D eigenvalue weighted by Crippen LogP contribution is -2.41. The molecule has 6 heteroatoms. The number of fused-ring (bicyclic) bond motifs is 1. The zero-order valence-corrected chi connectivity index (χ0v) is 14.9. The Kier molecular flexibility index (Phi) is 7.34. The van der Waals surface area contributed by atoms with Gasteiger partial charge in [0.25, 0.3) is 0 Å². The first-order chi connectivity index (χ1) is 11.7. The van der Waals surface area contributed by atoms with Crippen molar-refractivity contribution in [2.45, 2.75) is 26.8 Å². The van der Waals surface area contributed by atoms with Crippen molar-refractivity contribution in [1.82, 2.24) is 10.2 Å². The molecule has 1 aromatic rings. The van der Waals surface area contributed by atoms with E-state index < -0.39 is 0 Å². The summed E-state index contributed by atoms with van der Waals surface area (Å²) in [5.74, 6) is 1.66. The minimum atomic E-state index is 0.114. The minimum absolute atomic E-state index is 0.114. The Morgan fingerprint density at radius 2 is 1.83 bits per heavy atom. The number of ether oxygens (including phenoxy) is 3. The Hall–Kier alpha value is -1.79. The van der Waals surface area contributed by atoms with Crippen LogP contribution < -0.4 is 14.8 Å². The zero-order valence-electron chi connectivity index (χ0n) is 14.9. The smallest absolute Gasteiger partial charge is 0.236 e. The average molecular weight is 336 g/mol. The highest BCUT2D eigenvalue weighted by atomic mass is 16.5. The van der Waals surface area contributed by atoms with Gasteiger partial charge in [-0.3, -0.25) is 4.79 Å². The highest BCUT2D eigenvalue weighted by Crippen LogP contribution is 2.33. The maximum absolute atomic E-state index is 12.3. The van der Waals surface area contributed by atoms with E-state index >= 15 is 0 Å². The molecule has 0 radical (unpaired) electrons. The summed E-state index contributed by atoms with van der Waals surface area (Å²) >= 11 is 0. The molecule has 0 aliphatic carbocycles. The van der Waals surface area contributed by atoms with Gasteiger partial charge in [-0.1, -0.05) is 0 Å². The number of nitrogens with one attached hydrogen (secondary N) is 1. The van der Waals surface area contributed by atoms with E-state index in [9.17, 15) is 4.79 Å². The fourth-order valence-electron chi connectivity index (χ4n) is 2.79. The summed E-state index contributed by atoms with van der Waals surface area (Å²) in [7, 11) is 1.65. The van der Waals surface area contributed by atoms with Crippen molar-refractivity contribution >= 4 is 5.91 Å². The average Bonchev–Trinajstić information content (AvgIpc) is 2.59. The number of amides is 1. The Morgan fingerprint density at radius 3 is 2.46 bits per heavy atom. The van der Waals surface area contributed by atoms with E-state index in [0.717, 1.165) is 30.0 Å². The van der Waals surface area contributed by atoms with Crippen molar-refractivity contribution in [3.05, 3.63) is 23.3 Å². The van der Waals surface area contributed by atoms with Gasteiger partial charge < -0.3 is 24.4 Å². The molecule has 0 unspecified atom stereocenters. The summed E-state index contributed by atoms with van der Waals surface area (Å²) in [6.07, 6.45) is 0.839. The Labute approximate surface area is 144 Å². The molecule has 0 fully saturated rings. The third-order valence-corrected chi connectivity index (χ3v) is 3.99. The molecule has 0 aromatic heterocycles. The largest absolute Gasteiger partial charge is 0.490 e. The second-order valence-corrected chi connectivity index (χ2v) is 5.67. The second kappa shape index (κ2) is 9.49. The molecule has 6 nitrogen and oxygen atoms in total. The molecular formula is C18H28N2O4. The van der Waals surface area contributed by atoms with Crippen molar-refractivity contribution in [3.8, 4) is 11.5 Å². The van der Waals surface area contributed by atoms with Gasteiger partial charge in [-0.05, 0) is 43.5 Å². The summed E-state index contributed by atoms with van der Waals surface area (Å²) in [6.45, 7) is 8.09. The number of nitrogens with zero attached hydrogens (tertiary/aromatic N) is 1. The SMILES string of the molecule is CCOc1cc2c(cc1OCC)CN(C(=O)CNCCOC)CC2. The lowest BCUT2D eigenvalue weighted by Gasteiger charge is -2.30. The van der Waals surface area contributed by atoms with Crippen LogP contribution in [0.25, 0.3) is 0 Å². The molecule has 1 aliphatic heterocycles. The van der Waals surface area contributed by atoms with Gasteiger partial charge in [-0.15, -0.1) is 0 Å². The molecule has 2 rings (SSSR count). The number of rotatable bonds is 9. The van der Waals surface area contributed by atoms with E-state index in [-0.39, 0.29) is 5.91 Å². The van der Waals surface area contributed by atoms with Crippen LogP contribution in [0.15, 0.2) is 12.1 Å². The van der Waals surface area contributed by atoms with Gasteiger partial charge >= 0.3 is 0 Å². The summed E-state index contributed by atoms with van der Waals surface area (Å²) in [5.41, 5.74) is 2.37. The van der Waals surface area contributed by atoms with Crippen LogP contribution in [0.3, 0.4) is 0 Å². The van der Waals surface area contributed by atoms with E-state index in [2.05, 4.69) is 11.4 Å². The Balaban J connectivity index is 2.03. The van der Waals surface area contributed by atoms with Gasteiger partial charge in [0, 0.05) is 26.7 Å². The normalized spacial score (nSPS) is 13.5. The number of carbonyl (C=O) groups excluding carboxylic acids is 1. The van der Waals surface area contributed by atoms with Crippen molar-refractivity contribution in [2.75, 3.05) is 46.6 Å². The van der Waals surface area contributed by atoms with E-state index in [4.69, 9.17) is 14.2 Å². The van der Waals surface area contributed by atoms with Gasteiger partial charge in [0.15, 0.2) is 11.5 Å². The molecule has 0 atom stereocenters. The first-order valence-corrected chi connectivity index (χ1v) is 8.58. The zero-order chi connectivity index (χ0) is 17.4. The maximum Gasteiger partial charge on any atom is 0.236 e. The van der Waals surface area contributed by atoms with Gasteiger partial charge in [-0.2, -0.15) is 0 Å². The topological polar surface area (TPSA) is 60.0 Å². The van der Waals surface area contributed by atoms with Crippen molar-refractivity contribution < 1.29 is 19.0 Å². The lowest BCUT2D eigenvalue weighted by molar-refractivity contribution is -0.131. The summed E-state index contributed by atoms with van der Waals surface area (Å²) < 4.78 is 16.3. The molecule has 0 saturated carbocycles. The Morgan fingerprint density at radius 1 is 1.17 bits per heavy atom. The highest BCUT2D eigenvalue weighted by molar-refractivity contribution is 5.78. The predicted molar refractivity (Wildman–Crippen MR) is 92.6 cm³/mol. The molecule has 1 aromatic carbocycles. The van der Waals surface area contributed by atoms with E-state index in [1.807, 2.05) is 24.8 Å². The fraction of sp³-hybridized carbons (Fsp3) is 0.611. The molecule has 0 saturated heterocycles. The van der Waals surface area contributed by atoms with Crippen LogP contribution in [0.1, 0.15) is 25.0 Å². The fourth-order valence-corrected chi connectivity index (χ4v) is 2.79. The third-order valence-electron chi connectivity index (χ3n) is 3.99. The second-order valence-electron chi connectivity index (χ2n) is 5.67. The quantitative estimate of drug-likeness (QED) is 0.694. The van der Waals surface area contributed by atoms with Crippen LogP contribution in [0, 0.1) is 0 Å². The molecule has 134 valence electrons. The third kappa shape index (κ3) is 4.85. The van der Waals surface area contributed by atoms with E-state index in [1.165, 1.54) is 5.56 Å². The van der Waals surface area contributed by atoms with Crippen LogP contribution >= 0.6 is 0 Å². The number of methoxy groups -OCH3 is 1. The lowest BCUT2D eigenvalue weighted by atomic mass is 9.98. The maximum atomic E-state index is 12.3. The van der Waals surface area contributed by atoms with Crippen LogP contribution in [-0.2, 0) is 22.5 Å². The predicted octanol–water partition coefficient (Wildman–Crippen LogP) is 1.60.